The van der Waals surface area contributed by atoms with Gasteiger partial charge in [0.25, 0.3) is 5.91 Å². The average molecular weight is 438 g/mol. The van der Waals surface area contributed by atoms with Gasteiger partial charge in [0.15, 0.2) is 0 Å². The molecule has 6 rings (SSSR count). The Labute approximate surface area is 183 Å². The first-order chi connectivity index (χ1) is 15.1. The van der Waals surface area contributed by atoms with E-state index in [2.05, 4.69) is 21.2 Å². The molecule has 2 aliphatic heterocycles. The van der Waals surface area contributed by atoms with Gasteiger partial charge in [0.1, 0.15) is 5.82 Å². The van der Waals surface area contributed by atoms with Gasteiger partial charge in [0, 0.05) is 36.4 Å². The third kappa shape index (κ3) is 3.32. The molecule has 1 saturated carbocycles. The van der Waals surface area contributed by atoms with E-state index in [9.17, 15) is 4.79 Å². The number of hydrogen-bond acceptors (Lipinski definition) is 8. The van der Waals surface area contributed by atoms with Crippen LogP contribution < -0.4 is 5.73 Å². The number of hydrogen-bond donors (Lipinski definition) is 1. The molecule has 9 heteroatoms. The second-order valence-electron chi connectivity index (χ2n) is 8.55. The third-order valence-corrected chi connectivity index (χ3v) is 7.74. The molecule has 0 bridgehead atoms. The molecule has 0 unspecified atom stereocenters. The molecule has 0 radical (unpaired) electrons. The Morgan fingerprint density at radius 2 is 2.03 bits per heavy atom. The van der Waals surface area contributed by atoms with Crippen LogP contribution >= 0.6 is 11.3 Å². The minimum atomic E-state index is -0.346. The summed E-state index contributed by atoms with van der Waals surface area (Å²) in [4.78, 5) is 25.8. The number of rotatable bonds is 3. The van der Waals surface area contributed by atoms with Gasteiger partial charge in [-0.1, -0.05) is 5.16 Å². The van der Waals surface area contributed by atoms with Crippen LogP contribution in [0.15, 0.2) is 29.0 Å². The van der Waals surface area contributed by atoms with Crippen LogP contribution in [0, 0.1) is 0 Å². The molecular weight excluding hydrogens is 414 g/mol. The zero-order valence-corrected chi connectivity index (χ0v) is 17.9. The Balaban J connectivity index is 1.21. The van der Waals surface area contributed by atoms with E-state index in [0.717, 1.165) is 48.4 Å². The number of thiophene rings is 1. The number of piperidine rings is 1. The van der Waals surface area contributed by atoms with Gasteiger partial charge in [0.2, 0.25) is 5.76 Å². The summed E-state index contributed by atoms with van der Waals surface area (Å²) in [5.41, 5.74) is 8.31. The van der Waals surface area contributed by atoms with E-state index < -0.39 is 0 Å². The summed E-state index contributed by atoms with van der Waals surface area (Å²) in [5.74, 6) is 1.16. The Morgan fingerprint density at radius 3 is 2.77 bits per heavy atom. The highest BCUT2D eigenvalue weighted by Gasteiger charge is 2.43. The van der Waals surface area contributed by atoms with Gasteiger partial charge in [0.05, 0.1) is 40.9 Å². The monoisotopic (exact) mass is 437 g/mol. The van der Waals surface area contributed by atoms with Crippen LogP contribution in [0.3, 0.4) is 0 Å². The van der Waals surface area contributed by atoms with Crippen molar-refractivity contribution in [1.29, 1.82) is 0 Å². The van der Waals surface area contributed by atoms with Crippen LogP contribution in [-0.4, -0.2) is 45.6 Å². The fraction of sp³-hybridized carbons (Fsp3) is 0.455. The molecule has 1 amide bonds. The van der Waals surface area contributed by atoms with Crippen LogP contribution in [0.5, 0.6) is 0 Å². The SMILES string of the molecule is Nc1cnc(-c2cc3c(s2)CCOC32CCN(C(=O)c3cc(C4CC4)no3)CC2)cn1. The topological polar surface area (TPSA) is 107 Å². The van der Waals surface area contributed by atoms with Gasteiger partial charge in [-0.3, -0.25) is 4.79 Å². The van der Waals surface area contributed by atoms with Gasteiger partial charge in [-0.25, -0.2) is 9.97 Å². The number of anilines is 1. The number of nitrogen functional groups attached to an aromatic ring is 1. The lowest BCUT2D eigenvalue weighted by atomic mass is 9.82. The van der Waals surface area contributed by atoms with Crippen LogP contribution in [0.1, 0.15) is 58.3 Å². The average Bonchev–Trinajstić information content (AvgIpc) is 3.34. The molecule has 5 heterocycles. The highest BCUT2D eigenvalue weighted by molar-refractivity contribution is 7.15. The number of nitrogens with zero attached hydrogens (tertiary/aromatic N) is 4. The second kappa shape index (κ2) is 7.13. The standard InChI is InChI=1S/C22H23N5O3S/c23-20-12-24-16(11-25-20)19-9-14-18(31-19)3-8-29-22(14)4-6-27(7-5-22)21(28)17-10-15(26-30-17)13-1-2-13/h9-13H,1-8H2,(H2,23,25). The summed E-state index contributed by atoms with van der Waals surface area (Å²) >= 11 is 1.75. The lowest BCUT2D eigenvalue weighted by molar-refractivity contribution is -0.0928. The molecule has 0 atom stereocenters. The van der Waals surface area contributed by atoms with E-state index in [1.54, 1.807) is 23.7 Å². The lowest BCUT2D eigenvalue weighted by Gasteiger charge is -2.43. The molecule has 3 aromatic rings. The lowest BCUT2D eigenvalue weighted by Crippen LogP contribution is -2.48. The van der Waals surface area contributed by atoms with E-state index in [0.29, 0.717) is 37.2 Å². The Morgan fingerprint density at radius 1 is 1.19 bits per heavy atom. The number of likely N-dealkylation sites (tertiary alicyclic amines) is 1. The fourth-order valence-electron chi connectivity index (χ4n) is 4.61. The number of carbonyl (C=O) groups excluding carboxylic acids is 1. The molecule has 1 aliphatic carbocycles. The summed E-state index contributed by atoms with van der Waals surface area (Å²) in [6, 6.07) is 4.01. The van der Waals surface area contributed by atoms with Gasteiger partial charge >= 0.3 is 0 Å². The van der Waals surface area contributed by atoms with Crippen molar-refractivity contribution >= 4 is 23.1 Å². The molecule has 2 fully saturated rings. The van der Waals surface area contributed by atoms with Crippen LogP contribution in [0.25, 0.3) is 10.6 Å². The van der Waals surface area contributed by atoms with E-state index in [4.69, 9.17) is 15.0 Å². The predicted octanol–water partition coefficient (Wildman–Crippen LogP) is 3.36. The minimum Gasteiger partial charge on any atom is -0.382 e. The maximum absolute atomic E-state index is 12.9. The number of aromatic nitrogens is 3. The van der Waals surface area contributed by atoms with Crippen molar-refractivity contribution in [2.45, 2.75) is 43.6 Å². The number of nitrogens with two attached hydrogens (primary N) is 1. The first-order valence-electron chi connectivity index (χ1n) is 10.7. The van der Waals surface area contributed by atoms with E-state index in [1.165, 1.54) is 10.4 Å². The third-order valence-electron chi connectivity index (χ3n) is 6.52. The maximum atomic E-state index is 12.9. The molecule has 0 aromatic carbocycles. The van der Waals surface area contributed by atoms with Crippen molar-refractivity contribution < 1.29 is 14.1 Å². The van der Waals surface area contributed by atoms with Crippen molar-refractivity contribution in [3.05, 3.63) is 46.4 Å². The molecule has 3 aliphatic rings. The Bertz CT molecular complexity index is 1130. The maximum Gasteiger partial charge on any atom is 0.292 e. The summed E-state index contributed by atoms with van der Waals surface area (Å²) < 4.78 is 11.7. The largest absolute Gasteiger partial charge is 0.382 e. The molecule has 8 nitrogen and oxygen atoms in total. The first kappa shape index (κ1) is 18.9. The zero-order chi connectivity index (χ0) is 21.0. The van der Waals surface area contributed by atoms with Crippen LogP contribution in [0.4, 0.5) is 5.82 Å². The van der Waals surface area contributed by atoms with Crippen molar-refractivity contribution in [3.8, 4) is 10.6 Å². The Hall–Kier alpha value is -2.78. The molecule has 1 saturated heterocycles. The van der Waals surface area contributed by atoms with Crippen molar-refractivity contribution in [3.63, 3.8) is 0 Å². The summed E-state index contributed by atoms with van der Waals surface area (Å²) in [7, 11) is 0. The summed E-state index contributed by atoms with van der Waals surface area (Å²) in [6.45, 7) is 1.95. The number of ether oxygens (including phenoxy) is 1. The predicted molar refractivity (Wildman–Crippen MR) is 115 cm³/mol. The van der Waals surface area contributed by atoms with Crippen molar-refractivity contribution in [2.24, 2.45) is 0 Å². The normalized spacial score (nSPS) is 20.1. The molecule has 2 N–H and O–H groups in total. The van der Waals surface area contributed by atoms with Gasteiger partial charge in [-0.15, -0.1) is 11.3 Å². The smallest absolute Gasteiger partial charge is 0.292 e. The summed E-state index contributed by atoms with van der Waals surface area (Å²) in [5, 5.41) is 4.08. The van der Waals surface area contributed by atoms with E-state index >= 15 is 0 Å². The first-order valence-corrected chi connectivity index (χ1v) is 11.5. The Kier molecular flexibility index (Phi) is 4.36. The van der Waals surface area contributed by atoms with Crippen LogP contribution in [-0.2, 0) is 16.8 Å². The van der Waals surface area contributed by atoms with E-state index in [-0.39, 0.29) is 11.5 Å². The number of carbonyl (C=O) groups is 1. The van der Waals surface area contributed by atoms with Gasteiger partial charge < -0.3 is 19.9 Å². The highest BCUT2D eigenvalue weighted by Crippen LogP contribution is 2.46. The second-order valence-corrected chi connectivity index (χ2v) is 9.69. The minimum absolute atomic E-state index is 0.0755. The van der Waals surface area contributed by atoms with Crippen molar-refractivity contribution in [2.75, 3.05) is 25.4 Å². The molecule has 31 heavy (non-hydrogen) atoms. The molecule has 1 spiro atoms. The summed E-state index contributed by atoms with van der Waals surface area (Å²) in [6.07, 6.45) is 8.00. The van der Waals surface area contributed by atoms with Crippen molar-refractivity contribution in [1.82, 2.24) is 20.0 Å². The number of amides is 1. The molecule has 3 aromatic heterocycles. The molecular formula is C22H23N5O3S. The molecule has 160 valence electrons. The van der Waals surface area contributed by atoms with Gasteiger partial charge in [-0.05, 0) is 37.3 Å². The van der Waals surface area contributed by atoms with Crippen LogP contribution in [0.2, 0.25) is 0 Å². The van der Waals surface area contributed by atoms with Gasteiger partial charge in [-0.2, -0.15) is 0 Å². The van der Waals surface area contributed by atoms with E-state index in [1.807, 2.05) is 11.0 Å². The highest BCUT2D eigenvalue weighted by atomic mass is 32.1. The zero-order valence-electron chi connectivity index (χ0n) is 17.0. The number of fused-ring (bicyclic) bond motifs is 2. The fourth-order valence-corrected chi connectivity index (χ4v) is 5.80. The quantitative estimate of drug-likeness (QED) is 0.669.